The Kier molecular flexibility index (Phi) is 24.3. The van der Waals surface area contributed by atoms with Crippen molar-refractivity contribution in [3.63, 3.8) is 0 Å². The molecule has 4 saturated carbocycles. The van der Waals surface area contributed by atoms with Gasteiger partial charge in [-0.15, -0.1) is 63.5 Å². The fourth-order valence-electron chi connectivity index (χ4n) is 20.8. The number of benzene rings is 4. The van der Waals surface area contributed by atoms with Gasteiger partial charge >= 0.3 is 0 Å². The van der Waals surface area contributed by atoms with E-state index in [-0.39, 0.29) is 47.6 Å². The van der Waals surface area contributed by atoms with Gasteiger partial charge in [-0.05, 0) is 252 Å². The Balaban J connectivity index is 0.471. The Morgan fingerprint density at radius 1 is 0.595 bits per heavy atom. The second kappa shape index (κ2) is 36.6. The number of nitriles is 2. The van der Waals surface area contributed by atoms with Crippen LogP contribution in [0.4, 0.5) is 11.6 Å². The van der Waals surface area contributed by atoms with Crippen LogP contribution in [0.1, 0.15) is 263 Å². The lowest BCUT2D eigenvalue weighted by Crippen LogP contribution is -2.51. The van der Waals surface area contributed by atoms with Gasteiger partial charge in [-0.25, -0.2) is 9.97 Å². The number of nitrogens with one attached hydrogen (secondary N) is 2. The van der Waals surface area contributed by atoms with E-state index in [4.69, 9.17) is 81.6 Å². The van der Waals surface area contributed by atoms with E-state index in [1.807, 2.05) is 32.2 Å². The molecule has 12 heterocycles. The second-order valence-corrected chi connectivity index (χ2v) is 39.9. The maximum atomic E-state index is 13.4. The molecule has 131 heavy (non-hydrogen) atoms. The fraction of sp³-hybridized carbons (Fsp3) is 0.434. The van der Waals surface area contributed by atoms with Crippen LogP contribution in [0.15, 0.2) is 147 Å². The normalized spacial score (nSPS) is 22.2. The molecule has 32 heteroatoms. The third kappa shape index (κ3) is 17.6. The summed E-state index contributed by atoms with van der Waals surface area (Å²) in [5.74, 6) is 8.02. The molecule has 2 N–H and O–H groups in total. The number of aromatic nitrogens is 12. The van der Waals surface area contributed by atoms with Crippen LogP contribution in [0, 0.1) is 62.7 Å². The number of ether oxygens (including phenoxy) is 3. The van der Waals surface area contributed by atoms with E-state index in [1.165, 1.54) is 10.4 Å². The number of amides is 2. The first kappa shape index (κ1) is 87.0. The monoisotopic (exact) mass is 1830 g/mol. The summed E-state index contributed by atoms with van der Waals surface area (Å²) in [5.41, 5.74) is 9.99. The van der Waals surface area contributed by atoms with Crippen LogP contribution in [-0.2, 0) is 18.4 Å². The van der Waals surface area contributed by atoms with Crippen LogP contribution in [0.2, 0.25) is 10.0 Å². The van der Waals surface area contributed by atoms with E-state index in [0.29, 0.717) is 92.2 Å². The molecule has 8 aliphatic rings. The molecule has 0 bridgehead atoms. The highest BCUT2D eigenvalue weighted by molar-refractivity contribution is 7.15. The van der Waals surface area contributed by atoms with E-state index in [9.17, 15) is 20.1 Å². The SMILES string of the molecule is Cc1sc2c(c1C)C(c1ccc(OC3CC4(CCN(c5ccc(C(=O)NC6CCC(Oc7ccc(C#N)c(Cl)c7)CC6)nn5)CC4)C3)cc1)=N[C@](C)(C(C)c1ncc(Cc3sc4c(c3C)C(c3ccc(C5CCC(N6CCCN(c7ccc(C(=O)NC8CCC(Oc9ccc(C#N)c(Cl)c9)CC8)nn7)CC6)CC5)cc3)=N[C@@H](Cc3ncco3)c3nnc(C)n3-4)o1)c1nnc(C)n1-2. The maximum Gasteiger partial charge on any atom is 0.272 e. The van der Waals surface area contributed by atoms with Crippen LogP contribution >= 0.6 is 45.9 Å². The van der Waals surface area contributed by atoms with Gasteiger partial charge in [0.1, 0.15) is 74.6 Å². The number of aryl methyl sites for hydroxylation is 3. The Morgan fingerprint density at radius 2 is 1.18 bits per heavy atom. The van der Waals surface area contributed by atoms with Crippen molar-refractivity contribution in [3.05, 3.63) is 250 Å². The summed E-state index contributed by atoms with van der Waals surface area (Å²) in [4.78, 5) is 57.6. The molecular formula is C99H103Cl2N21O7S2. The minimum Gasteiger partial charge on any atom is -0.490 e. The number of carbonyl (C=O) groups excluding carboxylic acids is 2. The van der Waals surface area contributed by atoms with Crippen molar-refractivity contribution < 1.29 is 32.6 Å². The van der Waals surface area contributed by atoms with Gasteiger partial charge in [0.2, 0.25) is 0 Å². The van der Waals surface area contributed by atoms with Crippen LogP contribution < -0.4 is 34.6 Å². The standard InChI is InChI=1S/C99H103Cl2N21O7S2/c1-56-59(4)130-96-87(56)90(65-15-25-71(26-16-65)128-77-51-99(52-77)37-42-120(43-38-99)85-36-34-81(113-115-85)93(124)107-69-21-31-73(32-22-69)127-75-28-18-67(54-103)79(101)48-75)109-98(7,97-117-111-61(6)122(96)97)58(3)94-105-55-76(129-94)49-83-57(2)88-89(108-82(50-86-104-39-46-125-86)91-116-110-60(5)121(91)95(88)131-83)64-11-9-62(10-12-64)63-13-23-70(24-14-63)118-40-8-41-119(45-44-118)84-35-33-80(112-114-84)92(123)106-68-19-29-72(30-20-68)126-74-27-17-66(53-102)78(100)47-74/h9-12,15-18,25-28,33-36,39,46-48,55,58,63,68-70,72-73,77,82H,8,13-14,19-24,29-32,37-38,40-45,49-52H2,1-7H3,(H,106,123)(H,107,124)/t58?,63?,68?,69?,70?,72?,73?,82-,98+/m0/s1. The number of hydrogen-bond acceptors (Lipinski definition) is 26. The quantitative estimate of drug-likeness (QED) is 0.0636. The molecule has 20 rings (SSSR count). The van der Waals surface area contributed by atoms with Crippen molar-refractivity contribution in [3.8, 4) is 39.4 Å². The minimum atomic E-state index is -1.01. The van der Waals surface area contributed by atoms with Crippen LogP contribution in [0.3, 0.4) is 0 Å². The summed E-state index contributed by atoms with van der Waals surface area (Å²) in [6, 6.07) is 39.6. The second-order valence-electron chi connectivity index (χ2n) is 36.8. The number of oxazole rings is 2. The molecule has 3 atom stereocenters. The van der Waals surface area contributed by atoms with E-state index in [0.717, 1.165) is 243 Å². The molecule has 672 valence electrons. The van der Waals surface area contributed by atoms with Crippen molar-refractivity contribution in [2.24, 2.45) is 15.4 Å². The molecular weight excluding hydrogens is 1730 g/mol. The molecule has 0 radical (unpaired) electrons. The van der Waals surface area contributed by atoms with Gasteiger partial charge in [0.15, 0.2) is 46.5 Å². The predicted octanol–water partition coefficient (Wildman–Crippen LogP) is 18.0. The summed E-state index contributed by atoms with van der Waals surface area (Å²) < 4.78 is 36.4. The lowest BCUT2D eigenvalue weighted by atomic mass is 9.61. The zero-order chi connectivity index (χ0) is 89.9. The highest BCUT2D eigenvalue weighted by Gasteiger charge is 2.49. The highest BCUT2D eigenvalue weighted by atomic mass is 35.5. The summed E-state index contributed by atoms with van der Waals surface area (Å²) in [5, 5.41) is 64.8. The van der Waals surface area contributed by atoms with E-state index in [2.05, 4.69) is 155 Å². The average Bonchev–Trinajstić information content (AvgIpc) is 1.53. The topological polar surface area (TPSA) is 333 Å². The van der Waals surface area contributed by atoms with E-state index >= 15 is 0 Å². The smallest absolute Gasteiger partial charge is 0.272 e. The first-order valence-corrected chi connectivity index (χ1v) is 48.3. The molecule has 28 nitrogen and oxygen atoms in total. The van der Waals surface area contributed by atoms with Gasteiger partial charge in [-0.1, -0.05) is 54.4 Å². The van der Waals surface area contributed by atoms with E-state index < -0.39 is 17.5 Å². The third-order valence-electron chi connectivity index (χ3n) is 28.6. The maximum absolute atomic E-state index is 13.4. The molecule has 2 saturated heterocycles. The molecule has 4 aromatic carbocycles. The summed E-state index contributed by atoms with van der Waals surface area (Å²) in [7, 11) is 0. The van der Waals surface area contributed by atoms with Gasteiger partial charge in [-0.2, -0.15) is 10.5 Å². The predicted molar refractivity (Wildman–Crippen MR) is 500 cm³/mol. The van der Waals surface area contributed by atoms with Crippen molar-refractivity contribution in [2.45, 2.75) is 230 Å². The largest absolute Gasteiger partial charge is 0.490 e. The summed E-state index contributed by atoms with van der Waals surface area (Å²) in [6.45, 7) is 20.2. The number of halogens is 2. The van der Waals surface area contributed by atoms with E-state index in [1.54, 1.807) is 83.7 Å². The number of piperidine rings is 1. The minimum absolute atomic E-state index is 0.00165. The van der Waals surface area contributed by atoms with Crippen LogP contribution in [-0.4, -0.2) is 164 Å². The van der Waals surface area contributed by atoms with Gasteiger partial charge in [0.25, 0.3) is 11.8 Å². The number of rotatable bonds is 22. The molecule has 8 aromatic heterocycles. The Bertz CT molecular complexity index is 6390. The molecule has 1 spiro atoms. The van der Waals surface area contributed by atoms with Crippen LogP contribution in [0.25, 0.3) is 10.0 Å². The molecule has 6 fully saturated rings. The van der Waals surface area contributed by atoms with Crippen molar-refractivity contribution in [1.82, 2.24) is 75.4 Å². The molecule has 12 aromatic rings. The molecule has 4 aliphatic carbocycles. The summed E-state index contributed by atoms with van der Waals surface area (Å²) in [6.07, 6.45) is 21.8. The zero-order valence-corrected chi connectivity index (χ0v) is 77.6. The van der Waals surface area contributed by atoms with Crippen molar-refractivity contribution in [2.75, 3.05) is 49.1 Å². The van der Waals surface area contributed by atoms with Crippen LogP contribution in [0.5, 0.6) is 17.2 Å². The first-order valence-electron chi connectivity index (χ1n) is 45.9. The van der Waals surface area contributed by atoms with Gasteiger partial charge in [-0.3, -0.25) is 33.6 Å². The number of thiophene rings is 2. The first-order chi connectivity index (χ1) is 63.6. The average molecular weight is 1830 g/mol. The number of fused-ring (bicyclic) bond motifs is 6. The fourth-order valence-corrected chi connectivity index (χ4v) is 23.8. The molecule has 2 amide bonds. The van der Waals surface area contributed by atoms with Gasteiger partial charge in [0.05, 0.1) is 75.6 Å². The molecule has 1 unspecified atom stereocenters. The Hall–Kier alpha value is -12.1. The number of hydrogen-bond donors (Lipinski definition) is 2. The number of anilines is 2. The van der Waals surface area contributed by atoms with Gasteiger partial charge < -0.3 is 43.5 Å². The Labute approximate surface area is 778 Å². The number of carbonyl (C=O) groups is 2. The van der Waals surface area contributed by atoms with Crippen molar-refractivity contribution >= 4 is 80.7 Å². The van der Waals surface area contributed by atoms with Crippen molar-refractivity contribution in [1.29, 1.82) is 10.5 Å². The third-order valence-corrected chi connectivity index (χ3v) is 31.7. The number of nitrogens with zero attached hydrogens (tertiary/aromatic N) is 19. The highest BCUT2D eigenvalue weighted by Crippen LogP contribution is 2.53. The van der Waals surface area contributed by atoms with Gasteiger partial charge in [0, 0.05) is 108 Å². The zero-order valence-electron chi connectivity index (χ0n) is 74.4. The number of aliphatic imine (C=N–C) groups is 2. The lowest BCUT2D eigenvalue weighted by molar-refractivity contribution is -0.0311. The lowest BCUT2D eigenvalue weighted by Gasteiger charge is -2.51. The summed E-state index contributed by atoms with van der Waals surface area (Å²) >= 11 is 15.9. The molecule has 4 aliphatic heterocycles. The Morgan fingerprint density at radius 3 is 1.78 bits per heavy atom.